The molecular formula is C12H18N4O. The number of hydrogen-bond donors (Lipinski definition) is 2. The predicted octanol–water partition coefficient (Wildman–Crippen LogP) is 0.401. The average molecular weight is 234 g/mol. The van der Waals surface area contributed by atoms with Crippen molar-refractivity contribution in [2.45, 2.75) is 26.3 Å². The van der Waals surface area contributed by atoms with Gasteiger partial charge < -0.3 is 10.6 Å². The number of nitrogens with one attached hydrogen (secondary N) is 2. The standard InChI is InChI=1S/C12H18N4O/c1-9-14-5-3-11(16-9)8-15-12(17)6-10-2-4-13-7-10/h3,5,10,13H,2,4,6-8H2,1H3,(H,15,17). The normalized spacial score (nSPS) is 19.2. The second-order valence-electron chi connectivity index (χ2n) is 4.43. The van der Waals surface area contributed by atoms with Crippen LogP contribution in [0.5, 0.6) is 0 Å². The number of rotatable bonds is 4. The van der Waals surface area contributed by atoms with Gasteiger partial charge >= 0.3 is 0 Å². The van der Waals surface area contributed by atoms with E-state index < -0.39 is 0 Å². The molecule has 92 valence electrons. The Balaban J connectivity index is 1.75. The van der Waals surface area contributed by atoms with Crippen LogP contribution in [0.15, 0.2) is 12.3 Å². The average Bonchev–Trinajstić information content (AvgIpc) is 2.79. The van der Waals surface area contributed by atoms with E-state index in [9.17, 15) is 4.79 Å². The molecule has 0 radical (unpaired) electrons. The number of amides is 1. The van der Waals surface area contributed by atoms with Crippen molar-refractivity contribution in [1.82, 2.24) is 20.6 Å². The number of hydrogen-bond acceptors (Lipinski definition) is 4. The Labute approximate surface area is 101 Å². The van der Waals surface area contributed by atoms with Crippen LogP contribution in [0, 0.1) is 12.8 Å². The van der Waals surface area contributed by atoms with Crippen LogP contribution in [0.3, 0.4) is 0 Å². The van der Waals surface area contributed by atoms with Crippen LogP contribution in [-0.4, -0.2) is 29.0 Å². The number of aromatic nitrogens is 2. The summed E-state index contributed by atoms with van der Waals surface area (Å²) in [5.74, 6) is 1.33. The van der Waals surface area contributed by atoms with Gasteiger partial charge in [-0.1, -0.05) is 0 Å². The van der Waals surface area contributed by atoms with Crippen molar-refractivity contribution in [2.24, 2.45) is 5.92 Å². The molecule has 0 aromatic carbocycles. The van der Waals surface area contributed by atoms with Crippen LogP contribution in [0.25, 0.3) is 0 Å². The molecule has 2 rings (SSSR count). The molecule has 5 nitrogen and oxygen atoms in total. The smallest absolute Gasteiger partial charge is 0.220 e. The van der Waals surface area contributed by atoms with E-state index in [1.165, 1.54) is 0 Å². The lowest BCUT2D eigenvalue weighted by molar-refractivity contribution is -0.122. The van der Waals surface area contributed by atoms with Crippen molar-refractivity contribution in [2.75, 3.05) is 13.1 Å². The van der Waals surface area contributed by atoms with Crippen molar-refractivity contribution in [3.8, 4) is 0 Å². The van der Waals surface area contributed by atoms with Gasteiger partial charge in [-0.05, 0) is 38.4 Å². The largest absolute Gasteiger partial charge is 0.350 e. The van der Waals surface area contributed by atoms with Gasteiger partial charge in [0.1, 0.15) is 5.82 Å². The van der Waals surface area contributed by atoms with E-state index in [1.54, 1.807) is 6.20 Å². The van der Waals surface area contributed by atoms with E-state index in [0.29, 0.717) is 18.9 Å². The Morgan fingerprint density at radius 1 is 1.65 bits per heavy atom. The first kappa shape index (κ1) is 12.0. The van der Waals surface area contributed by atoms with Gasteiger partial charge in [-0.25, -0.2) is 9.97 Å². The minimum absolute atomic E-state index is 0.106. The zero-order valence-corrected chi connectivity index (χ0v) is 10.1. The fourth-order valence-corrected chi connectivity index (χ4v) is 2.02. The zero-order chi connectivity index (χ0) is 12.1. The van der Waals surface area contributed by atoms with E-state index in [-0.39, 0.29) is 5.91 Å². The molecule has 1 saturated heterocycles. The Morgan fingerprint density at radius 3 is 3.24 bits per heavy atom. The third-order valence-corrected chi connectivity index (χ3v) is 2.94. The highest BCUT2D eigenvalue weighted by Crippen LogP contribution is 2.11. The third kappa shape index (κ3) is 3.78. The number of carbonyl (C=O) groups is 1. The second kappa shape index (κ2) is 5.72. The van der Waals surface area contributed by atoms with E-state index in [2.05, 4.69) is 20.6 Å². The minimum atomic E-state index is 0.106. The van der Waals surface area contributed by atoms with E-state index >= 15 is 0 Å². The molecule has 1 aliphatic heterocycles. The maximum atomic E-state index is 11.7. The quantitative estimate of drug-likeness (QED) is 0.791. The first-order valence-electron chi connectivity index (χ1n) is 6.00. The number of aryl methyl sites for hydroxylation is 1. The lowest BCUT2D eigenvalue weighted by Crippen LogP contribution is -2.26. The Bertz CT molecular complexity index is 388. The van der Waals surface area contributed by atoms with Gasteiger partial charge in [-0.2, -0.15) is 0 Å². The highest BCUT2D eigenvalue weighted by Gasteiger charge is 2.17. The van der Waals surface area contributed by atoms with Gasteiger partial charge in [0, 0.05) is 12.6 Å². The van der Waals surface area contributed by atoms with Gasteiger partial charge in [0.25, 0.3) is 0 Å². The molecule has 2 N–H and O–H groups in total. The van der Waals surface area contributed by atoms with Gasteiger partial charge in [-0.15, -0.1) is 0 Å². The summed E-state index contributed by atoms with van der Waals surface area (Å²) in [6.07, 6.45) is 3.42. The highest BCUT2D eigenvalue weighted by atomic mass is 16.1. The Morgan fingerprint density at radius 2 is 2.53 bits per heavy atom. The van der Waals surface area contributed by atoms with E-state index in [0.717, 1.165) is 31.0 Å². The first-order valence-corrected chi connectivity index (χ1v) is 6.00. The van der Waals surface area contributed by atoms with Crippen molar-refractivity contribution >= 4 is 5.91 Å². The molecule has 1 aliphatic rings. The molecule has 1 aromatic rings. The molecule has 1 aromatic heterocycles. The fraction of sp³-hybridized carbons (Fsp3) is 0.583. The highest BCUT2D eigenvalue weighted by molar-refractivity contribution is 5.76. The SMILES string of the molecule is Cc1nccc(CNC(=O)CC2CCNC2)n1. The van der Waals surface area contributed by atoms with Crippen LogP contribution in [0.2, 0.25) is 0 Å². The molecule has 0 bridgehead atoms. The summed E-state index contributed by atoms with van der Waals surface area (Å²) in [5.41, 5.74) is 0.857. The molecule has 0 aliphatic carbocycles. The molecule has 1 atom stereocenters. The zero-order valence-electron chi connectivity index (χ0n) is 10.1. The van der Waals surface area contributed by atoms with Gasteiger partial charge in [0.2, 0.25) is 5.91 Å². The molecule has 17 heavy (non-hydrogen) atoms. The summed E-state index contributed by atoms with van der Waals surface area (Å²) in [7, 11) is 0. The van der Waals surface area contributed by atoms with E-state index in [1.807, 2.05) is 13.0 Å². The molecular weight excluding hydrogens is 216 g/mol. The van der Waals surface area contributed by atoms with Gasteiger partial charge in [0.05, 0.1) is 12.2 Å². The van der Waals surface area contributed by atoms with E-state index in [4.69, 9.17) is 0 Å². The van der Waals surface area contributed by atoms with Gasteiger partial charge in [0.15, 0.2) is 0 Å². The first-order chi connectivity index (χ1) is 8.24. The fourth-order valence-electron chi connectivity index (χ4n) is 2.02. The second-order valence-corrected chi connectivity index (χ2v) is 4.43. The monoisotopic (exact) mass is 234 g/mol. The summed E-state index contributed by atoms with van der Waals surface area (Å²) in [6.45, 7) is 4.32. The number of carbonyl (C=O) groups excluding carboxylic acids is 1. The predicted molar refractivity (Wildman–Crippen MR) is 64.2 cm³/mol. The topological polar surface area (TPSA) is 66.9 Å². The van der Waals surface area contributed by atoms with Crippen LogP contribution in [-0.2, 0) is 11.3 Å². The van der Waals surface area contributed by atoms with Crippen molar-refractivity contribution in [1.29, 1.82) is 0 Å². The summed E-state index contributed by atoms with van der Waals surface area (Å²) in [5, 5.41) is 6.15. The molecule has 0 saturated carbocycles. The van der Waals surface area contributed by atoms with Crippen LogP contribution < -0.4 is 10.6 Å². The molecule has 1 fully saturated rings. The Hall–Kier alpha value is -1.49. The molecule has 1 amide bonds. The summed E-state index contributed by atoms with van der Waals surface area (Å²) >= 11 is 0. The lowest BCUT2D eigenvalue weighted by atomic mass is 10.0. The lowest BCUT2D eigenvalue weighted by Gasteiger charge is -2.08. The maximum Gasteiger partial charge on any atom is 0.220 e. The molecule has 1 unspecified atom stereocenters. The summed E-state index contributed by atoms with van der Waals surface area (Å²) in [6, 6.07) is 1.82. The van der Waals surface area contributed by atoms with Crippen LogP contribution in [0.1, 0.15) is 24.4 Å². The van der Waals surface area contributed by atoms with Crippen LogP contribution >= 0.6 is 0 Å². The van der Waals surface area contributed by atoms with Crippen molar-refractivity contribution in [3.05, 3.63) is 23.8 Å². The third-order valence-electron chi connectivity index (χ3n) is 2.94. The molecule has 2 heterocycles. The maximum absolute atomic E-state index is 11.7. The summed E-state index contributed by atoms with van der Waals surface area (Å²) < 4.78 is 0. The summed E-state index contributed by atoms with van der Waals surface area (Å²) in [4.78, 5) is 19.9. The minimum Gasteiger partial charge on any atom is -0.350 e. The van der Waals surface area contributed by atoms with Gasteiger partial charge in [-0.3, -0.25) is 4.79 Å². The Kier molecular flexibility index (Phi) is 4.03. The molecule has 5 heteroatoms. The molecule has 0 spiro atoms. The number of nitrogens with zero attached hydrogens (tertiary/aromatic N) is 2. The van der Waals surface area contributed by atoms with Crippen molar-refractivity contribution < 1.29 is 4.79 Å². The van der Waals surface area contributed by atoms with Crippen molar-refractivity contribution in [3.63, 3.8) is 0 Å². The van der Waals surface area contributed by atoms with Crippen LogP contribution in [0.4, 0.5) is 0 Å².